The SMILES string of the molecule is Oc1c([C@@H](c2ccncc2)[NH+]2CCOCC2)cc(Cl)c2cccnc12. The van der Waals surface area contributed by atoms with Crippen LogP contribution in [-0.2, 0) is 4.74 Å². The maximum absolute atomic E-state index is 11.0. The quantitative estimate of drug-likeness (QED) is 0.753. The van der Waals surface area contributed by atoms with Crippen molar-refractivity contribution in [3.05, 3.63) is 65.1 Å². The molecule has 5 nitrogen and oxygen atoms in total. The highest BCUT2D eigenvalue weighted by Crippen LogP contribution is 2.37. The number of phenolic OH excluding ortho intramolecular Hbond substituents is 1. The lowest BCUT2D eigenvalue weighted by Gasteiger charge is -2.32. The zero-order valence-corrected chi connectivity index (χ0v) is 14.4. The molecule has 1 aliphatic heterocycles. The number of morpholine rings is 1. The molecule has 0 spiro atoms. The van der Waals surface area contributed by atoms with Gasteiger partial charge >= 0.3 is 0 Å². The largest absolute Gasteiger partial charge is 0.505 e. The predicted octanol–water partition coefficient (Wildman–Crippen LogP) is 1.99. The fraction of sp³-hybridized carbons (Fsp3) is 0.263. The van der Waals surface area contributed by atoms with Crippen LogP contribution in [0.1, 0.15) is 17.2 Å². The van der Waals surface area contributed by atoms with Crippen molar-refractivity contribution in [3.8, 4) is 5.75 Å². The van der Waals surface area contributed by atoms with Gasteiger partial charge < -0.3 is 14.7 Å². The molecule has 1 fully saturated rings. The summed E-state index contributed by atoms with van der Waals surface area (Å²) in [4.78, 5) is 9.80. The molecule has 128 valence electrons. The first-order valence-electron chi connectivity index (χ1n) is 8.34. The Morgan fingerprint density at radius 1 is 1.12 bits per heavy atom. The molecule has 1 aliphatic rings. The molecule has 2 N–H and O–H groups in total. The second-order valence-electron chi connectivity index (χ2n) is 6.18. The molecule has 1 saturated heterocycles. The van der Waals surface area contributed by atoms with Crippen LogP contribution in [0.2, 0.25) is 5.02 Å². The average Bonchev–Trinajstić information content (AvgIpc) is 2.68. The summed E-state index contributed by atoms with van der Waals surface area (Å²) in [6.07, 6.45) is 5.23. The first kappa shape index (κ1) is 16.3. The van der Waals surface area contributed by atoms with Crippen molar-refractivity contribution in [1.29, 1.82) is 0 Å². The molecule has 1 aromatic carbocycles. The highest BCUT2D eigenvalue weighted by molar-refractivity contribution is 6.35. The fourth-order valence-electron chi connectivity index (χ4n) is 3.54. The first-order chi connectivity index (χ1) is 12.3. The molecule has 0 aliphatic carbocycles. The minimum atomic E-state index is -0.0455. The fourth-order valence-corrected chi connectivity index (χ4v) is 3.81. The highest BCUT2D eigenvalue weighted by atomic mass is 35.5. The van der Waals surface area contributed by atoms with Crippen LogP contribution in [0.4, 0.5) is 0 Å². The van der Waals surface area contributed by atoms with E-state index in [4.69, 9.17) is 16.3 Å². The van der Waals surface area contributed by atoms with Gasteiger partial charge in [-0.1, -0.05) is 11.6 Å². The lowest BCUT2D eigenvalue weighted by atomic mass is 9.95. The van der Waals surface area contributed by atoms with Crippen molar-refractivity contribution in [1.82, 2.24) is 9.97 Å². The van der Waals surface area contributed by atoms with Crippen LogP contribution >= 0.6 is 11.6 Å². The van der Waals surface area contributed by atoms with Crippen LogP contribution in [0.25, 0.3) is 10.9 Å². The number of nitrogens with zero attached hydrogens (tertiary/aromatic N) is 2. The number of nitrogens with one attached hydrogen (secondary N) is 1. The highest BCUT2D eigenvalue weighted by Gasteiger charge is 2.31. The maximum atomic E-state index is 11.0. The predicted molar refractivity (Wildman–Crippen MR) is 96.0 cm³/mol. The van der Waals surface area contributed by atoms with Gasteiger partial charge in [-0.2, -0.15) is 0 Å². The molecule has 6 heteroatoms. The van der Waals surface area contributed by atoms with E-state index in [0.717, 1.165) is 29.6 Å². The summed E-state index contributed by atoms with van der Waals surface area (Å²) in [6.45, 7) is 3.14. The normalized spacial score (nSPS) is 16.8. The molecule has 25 heavy (non-hydrogen) atoms. The average molecular weight is 357 g/mol. The molecule has 3 heterocycles. The first-order valence-corrected chi connectivity index (χ1v) is 8.72. The lowest BCUT2D eigenvalue weighted by molar-refractivity contribution is -0.933. The number of hydrogen-bond acceptors (Lipinski definition) is 4. The third kappa shape index (κ3) is 3.06. The monoisotopic (exact) mass is 356 g/mol. The number of pyridine rings is 2. The topological polar surface area (TPSA) is 59.7 Å². The van der Waals surface area contributed by atoms with Crippen molar-refractivity contribution >= 4 is 22.5 Å². The molecule has 0 radical (unpaired) electrons. The van der Waals surface area contributed by atoms with E-state index in [2.05, 4.69) is 9.97 Å². The Hall–Kier alpha value is -2.21. The van der Waals surface area contributed by atoms with Gasteiger partial charge in [-0.05, 0) is 30.3 Å². The van der Waals surface area contributed by atoms with Crippen LogP contribution in [0, 0.1) is 0 Å². The maximum Gasteiger partial charge on any atom is 0.151 e. The van der Waals surface area contributed by atoms with Crippen LogP contribution in [0.3, 0.4) is 0 Å². The van der Waals surface area contributed by atoms with Gasteiger partial charge in [-0.15, -0.1) is 0 Å². The van der Waals surface area contributed by atoms with E-state index in [0.29, 0.717) is 23.8 Å². The Bertz CT molecular complexity index is 882. The van der Waals surface area contributed by atoms with Crippen LogP contribution in [0.15, 0.2) is 48.9 Å². The zero-order valence-electron chi connectivity index (χ0n) is 13.7. The van der Waals surface area contributed by atoms with E-state index >= 15 is 0 Å². The van der Waals surface area contributed by atoms with Crippen molar-refractivity contribution in [2.75, 3.05) is 26.3 Å². The minimum Gasteiger partial charge on any atom is -0.505 e. The van der Waals surface area contributed by atoms with Crippen molar-refractivity contribution in [2.45, 2.75) is 6.04 Å². The van der Waals surface area contributed by atoms with Crippen molar-refractivity contribution in [3.63, 3.8) is 0 Å². The smallest absolute Gasteiger partial charge is 0.151 e. The summed E-state index contributed by atoms with van der Waals surface area (Å²) in [5.74, 6) is 0.195. The number of benzene rings is 1. The molecule has 4 rings (SSSR count). The van der Waals surface area contributed by atoms with Gasteiger partial charge in [-0.25, -0.2) is 0 Å². The number of halogens is 1. The van der Waals surface area contributed by atoms with Crippen molar-refractivity contribution < 1.29 is 14.7 Å². The van der Waals surface area contributed by atoms with E-state index in [1.807, 2.05) is 30.3 Å². The molecule has 0 saturated carbocycles. The van der Waals surface area contributed by atoms with Crippen LogP contribution in [0.5, 0.6) is 5.75 Å². The summed E-state index contributed by atoms with van der Waals surface area (Å²) in [6, 6.07) is 9.49. The summed E-state index contributed by atoms with van der Waals surface area (Å²) in [7, 11) is 0. The van der Waals surface area contributed by atoms with Gasteiger partial charge in [0.25, 0.3) is 0 Å². The van der Waals surface area contributed by atoms with Crippen LogP contribution < -0.4 is 4.90 Å². The second-order valence-corrected chi connectivity index (χ2v) is 6.59. The van der Waals surface area contributed by atoms with E-state index in [1.54, 1.807) is 18.6 Å². The second kappa shape index (κ2) is 6.96. The van der Waals surface area contributed by atoms with Gasteiger partial charge in [-0.3, -0.25) is 9.97 Å². The molecular weight excluding hydrogens is 338 g/mol. The number of ether oxygens (including phenoxy) is 1. The molecule has 1 atom stereocenters. The number of aromatic nitrogens is 2. The molecule has 3 aromatic rings. The van der Waals surface area contributed by atoms with Gasteiger partial charge in [0.15, 0.2) is 5.75 Å². The van der Waals surface area contributed by atoms with E-state index in [9.17, 15) is 5.11 Å². The number of aromatic hydroxyl groups is 1. The van der Waals surface area contributed by atoms with Gasteiger partial charge in [0.05, 0.1) is 23.8 Å². The summed E-state index contributed by atoms with van der Waals surface area (Å²) in [5, 5.41) is 12.3. The van der Waals surface area contributed by atoms with Crippen LogP contribution in [-0.4, -0.2) is 41.4 Å². The number of fused-ring (bicyclic) bond motifs is 1. The Kier molecular flexibility index (Phi) is 4.53. The van der Waals surface area contributed by atoms with E-state index in [1.165, 1.54) is 4.90 Å². The Morgan fingerprint density at radius 3 is 2.64 bits per heavy atom. The zero-order chi connectivity index (χ0) is 17.2. The number of rotatable bonds is 3. The molecule has 0 unspecified atom stereocenters. The molecular formula is C19H19ClN3O2+. The molecule has 2 aromatic heterocycles. The number of quaternary nitrogens is 1. The third-order valence-electron chi connectivity index (χ3n) is 4.74. The molecule has 0 amide bonds. The third-order valence-corrected chi connectivity index (χ3v) is 5.05. The van der Waals surface area contributed by atoms with E-state index < -0.39 is 0 Å². The van der Waals surface area contributed by atoms with Gasteiger partial charge in [0.2, 0.25) is 0 Å². The number of phenols is 1. The number of hydrogen-bond donors (Lipinski definition) is 2. The standard InChI is InChI=1S/C19H18ClN3O2/c20-16-12-15(19(24)17-14(16)2-1-5-22-17)18(13-3-6-21-7-4-13)23-8-10-25-11-9-23/h1-7,12,18,24H,8-11H2/p+1/t18-/m1/s1. The minimum absolute atomic E-state index is 0.0455. The Balaban J connectivity index is 1.90. The summed E-state index contributed by atoms with van der Waals surface area (Å²) in [5.41, 5.74) is 2.42. The summed E-state index contributed by atoms with van der Waals surface area (Å²) >= 11 is 6.51. The Morgan fingerprint density at radius 2 is 1.88 bits per heavy atom. The van der Waals surface area contributed by atoms with Gasteiger partial charge in [0.1, 0.15) is 24.6 Å². The van der Waals surface area contributed by atoms with Crippen molar-refractivity contribution in [2.24, 2.45) is 0 Å². The Labute approximate surface area is 150 Å². The summed E-state index contributed by atoms with van der Waals surface area (Å²) < 4.78 is 5.51. The molecule has 0 bridgehead atoms. The lowest BCUT2D eigenvalue weighted by Crippen LogP contribution is -3.14. The van der Waals surface area contributed by atoms with Gasteiger partial charge in [0, 0.05) is 29.5 Å². The van der Waals surface area contributed by atoms with E-state index in [-0.39, 0.29) is 11.8 Å².